The van der Waals surface area contributed by atoms with Crippen molar-refractivity contribution in [2.45, 2.75) is 98.3 Å². The van der Waals surface area contributed by atoms with Gasteiger partial charge in [0.2, 0.25) is 0 Å². The van der Waals surface area contributed by atoms with E-state index in [1.165, 1.54) is 41.9 Å². The molecule has 0 bridgehead atoms. The minimum atomic E-state index is -8.92. The van der Waals surface area contributed by atoms with E-state index in [4.69, 9.17) is 4.74 Å². The van der Waals surface area contributed by atoms with Crippen molar-refractivity contribution in [1.82, 2.24) is 0 Å². The molecule has 0 N–H and O–H groups in total. The highest BCUT2D eigenvalue weighted by Crippen LogP contribution is 2.64. The molecule has 1 aliphatic rings. The maximum absolute atomic E-state index is 13.0. The topological polar surface area (TPSA) is 66.4 Å². The second-order valence-electron chi connectivity index (χ2n) is 10.1. The summed E-state index contributed by atoms with van der Waals surface area (Å²) in [4.78, 5) is 1.56. The molecule has 1 saturated heterocycles. The Bertz CT molecular complexity index is 1320. The molecule has 0 spiro atoms. The number of hydrogen-bond donors (Lipinski definition) is 0. The van der Waals surface area contributed by atoms with Crippen LogP contribution in [0.4, 0.5) is 74.6 Å². The predicted octanol–water partition coefficient (Wildman–Crippen LogP) is 8.75. The number of alkyl halides is 17. The van der Waals surface area contributed by atoms with E-state index in [0.29, 0.717) is 10.9 Å². The lowest BCUT2D eigenvalue weighted by atomic mass is 9.91. The fourth-order valence-electron chi connectivity index (χ4n) is 3.82. The van der Waals surface area contributed by atoms with Gasteiger partial charge in [0.15, 0.2) is 15.0 Å². The Morgan fingerprint density at radius 2 is 1.04 bits per heavy atom. The zero-order valence-electron chi connectivity index (χ0n) is 24.0. The van der Waals surface area contributed by atoms with E-state index in [1.807, 2.05) is 0 Å². The molecule has 0 amide bonds. The lowest BCUT2D eigenvalue weighted by Crippen LogP contribution is -2.75. The summed E-state index contributed by atoms with van der Waals surface area (Å²) in [5.41, 5.74) is 2.64. The van der Waals surface area contributed by atoms with Crippen molar-refractivity contribution in [3.05, 3.63) is 23.3 Å². The van der Waals surface area contributed by atoms with Gasteiger partial charge in [-0.15, -0.1) is 0 Å². The summed E-state index contributed by atoms with van der Waals surface area (Å²) in [7, 11) is -7.63. The molecule has 1 aromatic carbocycles. The molecule has 0 aromatic heterocycles. The number of aryl methyl sites for hydroxylation is 2. The van der Waals surface area contributed by atoms with Crippen molar-refractivity contribution in [1.29, 1.82) is 0 Å². The molecule has 0 aliphatic carbocycles. The molecule has 0 atom stereocenters. The average molecular weight is 765 g/mol. The Kier molecular flexibility index (Phi) is 12.6. The van der Waals surface area contributed by atoms with E-state index in [9.17, 15) is 87.6 Å². The third-order valence-corrected chi connectivity index (χ3v) is 9.90. The van der Waals surface area contributed by atoms with Crippen LogP contribution >= 0.6 is 0 Å². The van der Waals surface area contributed by atoms with E-state index in [1.54, 1.807) is 4.90 Å². The highest BCUT2D eigenvalue weighted by Gasteiger charge is 2.95. The van der Waals surface area contributed by atoms with Crippen LogP contribution in [0.5, 0.6) is 5.75 Å². The molecule has 1 heterocycles. The third-order valence-electron chi connectivity index (χ3n) is 6.55. The fourth-order valence-corrected chi connectivity index (χ4v) is 6.73. The standard InChI is InChI=1S/C16H25OS.C8HF17O3S/c1-4-5-8-17-16-13(2)11-15(12-14(16)3)18-9-6-7-10-18;9-1(10,3(13,14)5(17,18)7(21,22)23)2(11,12)4(15,16)6(19,20)8(24,25)29(26,27)28/h11-12H,4-10H2,1-3H3;(H,26,27,28)/q+1;/p-1. The first-order valence-corrected chi connectivity index (χ1v) is 15.8. The second-order valence-corrected chi connectivity index (χ2v) is 13.8. The van der Waals surface area contributed by atoms with Gasteiger partial charge in [-0.2, -0.15) is 74.6 Å². The summed E-state index contributed by atoms with van der Waals surface area (Å²) < 4.78 is 250. The number of unbranched alkanes of at least 4 members (excludes halogenated alkanes) is 1. The first kappa shape index (κ1) is 43.1. The predicted molar refractivity (Wildman–Crippen MR) is 131 cm³/mol. The zero-order chi connectivity index (χ0) is 37.5. The molecule has 1 aliphatic heterocycles. The molecule has 4 nitrogen and oxygen atoms in total. The number of halogens is 17. The summed E-state index contributed by atoms with van der Waals surface area (Å²) in [5, 5.41) is -7.95. The van der Waals surface area contributed by atoms with Crippen molar-refractivity contribution in [3.8, 4) is 5.75 Å². The van der Waals surface area contributed by atoms with Gasteiger partial charge in [0.1, 0.15) is 17.3 Å². The molecule has 0 saturated carbocycles. The van der Waals surface area contributed by atoms with Gasteiger partial charge in [-0.1, -0.05) is 13.3 Å². The smallest absolute Gasteiger partial charge is 0.460 e. The summed E-state index contributed by atoms with van der Waals surface area (Å²) in [5.74, 6) is -48.2. The van der Waals surface area contributed by atoms with Gasteiger partial charge < -0.3 is 9.29 Å². The van der Waals surface area contributed by atoms with Crippen LogP contribution in [0.3, 0.4) is 0 Å². The molecule has 0 radical (unpaired) electrons. The quantitative estimate of drug-likeness (QED) is 0.0925. The van der Waals surface area contributed by atoms with E-state index in [0.717, 1.165) is 18.8 Å². The van der Waals surface area contributed by atoms with Crippen LogP contribution in [0.15, 0.2) is 17.0 Å². The van der Waals surface area contributed by atoms with Crippen molar-refractivity contribution in [3.63, 3.8) is 0 Å². The van der Waals surface area contributed by atoms with Crippen LogP contribution in [0.25, 0.3) is 0 Å². The Hall–Kier alpha value is -1.91. The Morgan fingerprint density at radius 1 is 0.681 bits per heavy atom. The van der Waals surface area contributed by atoms with Crippen LogP contribution < -0.4 is 4.74 Å². The number of benzene rings is 1. The summed E-state index contributed by atoms with van der Waals surface area (Å²) in [6.45, 7) is 7.44. The lowest BCUT2D eigenvalue weighted by Gasteiger charge is -2.42. The molecule has 47 heavy (non-hydrogen) atoms. The monoisotopic (exact) mass is 764 g/mol. The first-order valence-electron chi connectivity index (χ1n) is 12.8. The maximum Gasteiger partial charge on any atom is 0.460 e. The van der Waals surface area contributed by atoms with Gasteiger partial charge in [-0.3, -0.25) is 0 Å². The first-order chi connectivity index (χ1) is 20.7. The molecule has 1 fully saturated rings. The van der Waals surface area contributed by atoms with Gasteiger partial charge in [0, 0.05) is 10.9 Å². The SMILES string of the molecule is CCCCOc1c(C)cc([S+]2CCCC2)cc1C.O=S(=O)([O-])C(F)(F)C(F)(F)C(F)(F)C(F)(F)C(F)(F)C(F)(F)C(F)(F)C(F)(F)F. The molecular weight excluding hydrogens is 739 g/mol. The van der Waals surface area contributed by atoms with E-state index in [2.05, 4.69) is 32.9 Å². The van der Waals surface area contributed by atoms with Gasteiger partial charge >= 0.3 is 47.0 Å². The van der Waals surface area contributed by atoms with Crippen molar-refractivity contribution in [2.75, 3.05) is 18.1 Å². The molecule has 23 heteroatoms. The maximum atomic E-state index is 13.0. The van der Waals surface area contributed by atoms with Gasteiger partial charge in [0.05, 0.1) is 6.61 Å². The van der Waals surface area contributed by atoms with Crippen LogP contribution in [0.1, 0.15) is 43.7 Å². The molecule has 276 valence electrons. The number of rotatable bonds is 12. The normalized spacial score (nSPS) is 16.6. The molecule has 0 unspecified atom stereocenters. The minimum Gasteiger partial charge on any atom is -0.743 e. The molecular formula is C24H25F17O4S2. The van der Waals surface area contributed by atoms with Gasteiger partial charge in [-0.05, 0) is 56.4 Å². The fraction of sp³-hybridized carbons (Fsp3) is 0.750. The third kappa shape index (κ3) is 7.49. The second kappa shape index (κ2) is 13.8. The lowest BCUT2D eigenvalue weighted by molar-refractivity contribution is -0.458. The van der Waals surface area contributed by atoms with Crippen molar-refractivity contribution < 1.29 is 92.3 Å². The van der Waals surface area contributed by atoms with E-state index >= 15 is 0 Å². The molecule has 1 aromatic rings. The highest BCUT2D eigenvalue weighted by atomic mass is 32.2. The van der Waals surface area contributed by atoms with Crippen LogP contribution in [-0.2, 0) is 21.0 Å². The summed E-state index contributed by atoms with van der Waals surface area (Å²) in [6, 6.07) is 4.73. The molecule has 2 rings (SSSR count). The Morgan fingerprint density at radius 3 is 1.38 bits per heavy atom. The van der Waals surface area contributed by atoms with Crippen molar-refractivity contribution in [2.24, 2.45) is 0 Å². The van der Waals surface area contributed by atoms with E-state index < -0.39 is 57.1 Å². The number of ether oxygens (including phenoxy) is 1. The summed E-state index contributed by atoms with van der Waals surface area (Å²) >= 11 is 0. The van der Waals surface area contributed by atoms with E-state index in [-0.39, 0.29) is 0 Å². The zero-order valence-corrected chi connectivity index (χ0v) is 25.6. The summed E-state index contributed by atoms with van der Waals surface area (Å²) in [6.07, 6.45) is -2.73. The highest BCUT2D eigenvalue weighted by molar-refractivity contribution is 7.97. The van der Waals surface area contributed by atoms with Gasteiger partial charge in [0.25, 0.3) is 0 Å². The Labute approximate surface area is 259 Å². The Balaban J connectivity index is 0.000000520. The number of hydrogen-bond acceptors (Lipinski definition) is 4. The van der Waals surface area contributed by atoms with Crippen LogP contribution in [0.2, 0.25) is 0 Å². The van der Waals surface area contributed by atoms with Gasteiger partial charge in [-0.25, -0.2) is 8.42 Å². The van der Waals surface area contributed by atoms with Crippen LogP contribution in [-0.4, -0.2) is 78.0 Å². The van der Waals surface area contributed by atoms with Crippen LogP contribution in [0, 0.1) is 13.8 Å². The van der Waals surface area contributed by atoms with Crippen molar-refractivity contribution >= 4 is 21.0 Å². The minimum absolute atomic E-state index is 0.518. The average Bonchev–Trinajstić information content (AvgIpc) is 3.44. The largest absolute Gasteiger partial charge is 0.743 e.